The van der Waals surface area contributed by atoms with Gasteiger partial charge in [-0.25, -0.2) is 15.0 Å². The molecule has 9 aromatic rings. The maximum atomic E-state index is 5.04. The molecule has 0 aliphatic carbocycles. The second-order valence-electron chi connectivity index (χ2n) is 12.2. The minimum Gasteiger partial charge on any atom is -0.255 e. The van der Waals surface area contributed by atoms with Gasteiger partial charge in [-0.15, -0.1) is 0 Å². The van der Waals surface area contributed by atoms with E-state index in [1.54, 1.807) is 12.4 Å². The number of fused-ring (bicyclic) bond motifs is 2. The number of hydrogen-bond donors (Lipinski definition) is 0. The molecule has 5 heteroatoms. The van der Waals surface area contributed by atoms with Gasteiger partial charge in [-0.3, -0.25) is 9.97 Å². The van der Waals surface area contributed by atoms with Crippen LogP contribution in [0.25, 0.3) is 89.4 Å². The monoisotopic (exact) mass is 639 g/mol. The van der Waals surface area contributed by atoms with E-state index in [-0.39, 0.29) is 0 Å². The van der Waals surface area contributed by atoms with Crippen molar-refractivity contribution in [3.05, 3.63) is 176 Å². The van der Waals surface area contributed by atoms with Crippen LogP contribution in [0, 0.1) is 0 Å². The largest absolute Gasteiger partial charge is 0.255 e. The summed E-state index contributed by atoms with van der Waals surface area (Å²) in [5.74, 6) is 0. The molecule has 0 fully saturated rings. The number of hydrogen-bond acceptors (Lipinski definition) is 5. The highest BCUT2D eigenvalue weighted by Crippen LogP contribution is 2.32. The molecule has 0 aliphatic heterocycles. The van der Waals surface area contributed by atoms with Gasteiger partial charge in [0.25, 0.3) is 0 Å². The van der Waals surface area contributed by atoms with Crippen LogP contribution in [0.3, 0.4) is 0 Å². The van der Waals surface area contributed by atoms with Crippen LogP contribution >= 0.6 is 0 Å². The van der Waals surface area contributed by atoms with Crippen LogP contribution in [-0.2, 0) is 0 Å². The van der Waals surface area contributed by atoms with Crippen molar-refractivity contribution in [3.8, 4) is 67.5 Å². The van der Waals surface area contributed by atoms with Gasteiger partial charge in [-0.1, -0.05) is 91.0 Å². The van der Waals surface area contributed by atoms with E-state index in [1.807, 2.05) is 54.6 Å². The first-order valence-corrected chi connectivity index (χ1v) is 16.6. The third-order valence-electron chi connectivity index (χ3n) is 8.98. The SMILES string of the molecule is c1ccc(-c2ccc3cc(-c4ccc5nc(-c6ccc(-c7cc(-c8ccccn8)nc(-c8ccccn8)c7)cc6)ccc5c4)ccc3n2)cc1. The van der Waals surface area contributed by atoms with Gasteiger partial charge in [0, 0.05) is 34.3 Å². The molecule has 5 aromatic heterocycles. The van der Waals surface area contributed by atoms with Gasteiger partial charge in [0.2, 0.25) is 0 Å². The summed E-state index contributed by atoms with van der Waals surface area (Å²) in [6.07, 6.45) is 3.58. The number of pyridine rings is 5. The topological polar surface area (TPSA) is 64.5 Å². The second kappa shape index (κ2) is 12.6. The first-order chi connectivity index (χ1) is 24.7. The molecule has 0 atom stereocenters. The van der Waals surface area contributed by atoms with Gasteiger partial charge in [-0.2, -0.15) is 0 Å². The fourth-order valence-electron chi connectivity index (χ4n) is 6.36. The maximum absolute atomic E-state index is 5.04. The molecule has 0 bridgehead atoms. The lowest BCUT2D eigenvalue weighted by Gasteiger charge is -2.10. The van der Waals surface area contributed by atoms with Crippen LogP contribution in [0.4, 0.5) is 0 Å². The Labute approximate surface area is 289 Å². The molecule has 0 saturated carbocycles. The van der Waals surface area contributed by atoms with Gasteiger partial charge in [0.1, 0.15) is 0 Å². The summed E-state index contributed by atoms with van der Waals surface area (Å²) in [6, 6.07) is 56.2. The molecule has 4 aromatic carbocycles. The van der Waals surface area contributed by atoms with Gasteiger partial charge >= 0.3 is 0 Å². The lowest BCUT2D eigenvalue weighted by molar-refractivity contribution is 1.22. The Kier molecular flexibility index (Phi) is 7.41. The molecule has 0 aliphatic rings. The van der Waals surface area contributed by atoms with E-state index in [4.69, 9.17) is 15.0 Å². The van der Waals surface area contributed by atoms with Gasteiger partial charge in [0.15, 0.2) is 0 Å². The fourth-order valence-corrected chi connectivity index (χ4v) is 6.36. The normalized spacial score (nSPS) is 11.2. The first kappa shape index (κ1) is 29.3. The summed E-state index contributed by atoms with van der Waals surface area (Å²) in [4.78, 5) is 24.0. The Morgan fingerprint density at radius 2 is 0.740 bits per heavy atom. The van der Waals surface area contributed by atoms with Gasteiger partial charge < -0.3 is 0 Å². The van der Waals surface area contributed by atoms with E-state index in [0.29, 0.717) is 0 Å². The first-order valence-electron chi connectivity index (χ1n) is 16.6. The lowest BCUT2D eigenvalue weighted by Crippen LogP contribution is -1.94. The minimum absolute atomic E-state index is 0.806. The van der Waals surface area contributed by atoms with E-state index in [0.717, 1.165) is 89.4 Å². The van der Waals surface area contributed by atoms with E-state index in [2.05, 4.69) is 119 Å². The molecule has 0 unspecified atom stereocenters. The average Bonchev–Trinajstić information content (AvgIpc) is 3.21. The number of aromatic nitrogens is 5. The number of nitrogens with zero attached hydrogens (tertiary/aromatic N) is 5. The molecule has 9 rings (SSSR count). The quantitative estimate of drug-likeness (QED) is 0.181. The molecule has 0 N–H and O–H groups in total. The Bertz CT molecular complexity index is 2560. The maximum Gasteiger partial charge on any atom is 0.0900 e. The predicted molar refractivity (Wildman–Crippen MR) is 203 cm³/mol. The molecule has 5 heterocycles. The number of benzene rings is 4. The highest BCUT2D eigenvalue weighted by Gasteiger charge is 2.12. The zero-order chi connectivity index (χ0) is 33.3. The van der Waals surface area contributed by atoms with E-state index >= 15 is 0 Å². The summed E-state index contributed by atoms with van der Waals surface area (Å²) >= 11 is 0. The molecule has 234 valence electrons. The summed E-state index contributed by atoms with van der Waals surface area (Å²) in [5.41, 5.74) is 13.7. The molecule has 0 spiro atoms. The van der Waals surface area contributed by atoms with Crippen molar-refractivity contribution in [2.75, 3.05) is 0 Å². The summed E-state index contributed by atoms with van der Waals surface area (Å²) < 4.78 is 0. The van der Waals surface area contributed by atoms with Crippen LogP contribution in [0.5, 0.6) is 0 Å². The third kappa shape index (κ3) is 5.78. The zero-order valence-corrected chi connectivity index (χ0v) is 27.0. The highest BCUT2D eigenvalue weighted by molar-refractivity contribution is 5.90. The van der Waals surface area contributed by atoms with Crippen molar-refractivity contribution in [2.24, 2.45) is 0 Å². The van der Waals surface area contributed by atoms with Crippen molar-refractivity contribution in [3.63, 3.8) is 0 Å². The van der Waals surface area contributed by atoms with E-state index in [9.17, 15) is 0 Å². The third-order valence-corrected chi connectivity index (χ3v) is 8.98. The van der Waals surface area contributed by atoms with Crippen molar-refractivity contribution in [1.29, 1.82) is 0 Å². The van der Waals surface area contributed by atoms with Crippen molar-refractivity contribution in [2.45, 2.75) is 0 Å². The summed E-state index contributed by atoms with van der Waals surface area (Å²) in [6.45, 7) is 0. The van der Waals surface area contributed by atoms with Crippen LogP contribution in [0.15, 0.2) is 176 Å². The zero-order valence-electron chi connectivity index (χ0n) is 27.0. The highest BCUT2D eigenvalue weighted by atomic mass is 14.8. The summed E-state index contributed by atoms with van der Waals surface area (Å²) in [5, 5.41) is 2.22. The number of rotatable bonds is 6. The molecule has 5 nitrogen and oxygen atoms in total. The summed E-state index contributed by atoms with van der Waals surface area (Å²) in [7, 11) is 0. The van der Waals surface area contributed by atoms with Crippen LogP contribution in [0.1, 0.15) is 0 Å². The van der Waals surface area contributed by atoms with Crippen LogP contribution in [0.2, 0.25) is 0 Å². The molecular formula is C45H29N5. The van der Waals surface area contributed by atoms with Crippen LogP contribution in [-0.4, -0.2) is 24.9 Å². The molecule has 0 saturated heterocycles. The van der Waals surface area contributed by atoms with Crippen molar-refractivity contribution < 1.29 is 0 Å². The van der Waals surface area contributed by atoms with Crippen molar-refractivity contribution >= 4 is 21.8 Å². The molecule has 0 radical (unpaired) electrons. The second-order valence-corrected chi connectivity index (χ2v) is 12.2. The van der Waals surface area contributed by atoms with E-state index < -0.39 is 0 Å². The molecular weight excluding hydrogens is 611 g/mol. The van der Waals surface area contributed by atoms with Crippen LogP contribution < -0.4 is 0 Å². The van der Waals surface area contributed by atoms with Gasteiger partial charge in [0.05, 0.1) is 45.2 Å². The lowest BCUT2D eigenvalue weighted by atomic mass is 9.99. The van der Waals surface area contributed by atoms with E-state index in [1.165, 1.54) is 0 Å². The Balaban J connectivity index is 0.996. The molecule has 0 amide bonds. The Morgan fingerprint density at radius 1 is 0.260 bits per heavy atom. The molecule has 50 heavy (non-hydrogen) atoms. The fraction of sp³-hybridized carbons (Fsp3) is 0. The predicted octanol–water partition coefficient (Wildman–Crippen LogP) is 11.0. The smallest absolute Gasteiger partial charge is 0.0900 e. The Hall–Kier alpha value is -6.85. The minimum atomic E-state index is 0.806. The Morgan fingerprint density at radius 3 is 1.26 bits per heavy atom. The average molecular weight is 640 g/mol. The standard InChI is InChI=1S/C45H29N5/c1-2-8-31(9-3-1)38-22-18-35-26-33(16-20-40(35)48-38)34-17-21-41-36(27-34)19-23-39(49-41)32-14-12-30(13-15-32)37-28-44(42-10-4-6-24-46-42)50-45(29-37)43-11-5-7-25-47-43/h1-29H. The van der Waals surface area contributed by atoms with Gasteiger partial charge in [-0.05, 0) is 95.1 Å². The van der Waals surface area contributed by atoms with Crippen molar-refractivity contribution in [1.82, 2.24) is 24.9 Å².